The Balaban J connectivity index is 1.96. The molecule has 1 aromatic carbocycles. The fourth-order valence-electron chi connectivity index (χ4n) is 3.33. The maximum atomic E-state index is 11.5. The highest BCUT2D eigenvalue weighted by Gasteiger charge is 2.28. The number of halogens is 1. The molecule has 2 aromatic rings. The number of hydrogen-bond donors (Lipinski definition) is 1. The van der Waals surface area contributed by atoms with E-state index in [2.05, 4.69) is 4.98 Å². The summed E-state index contributed by atoms with van der Waals surface area (Å²) in [5.74, 6) is 0.812. The molecule has 0 saturated carbocycles. The Labute approximate surface area is 146 Å². The lowest BCUT2D eigenvalue weighted by Gasteiger charge is -2.32. The zero-order valence-corrected chi connectivity index (χ0v) is 14.6. The molecule has 1 aliphatic heterocycles. The third kappa shape index (κ3) is 3.06. The number of fused-ring (bicyclic) bond motifs is 3. The predicted octanol–water partition coefficient (Wildman–Crippen LogP) is 4.37. The van der Waals surface area contributed by atoms with Crippen molar-refractivity contribution >= 4 is 28.9 Å². The Morgan fingerprint density at radius 3 is 3.04 bits per heavy atom. The van der Waals surface area contributed by atoms with E-state index in [0.29, 0.717) is 0 Å². The number of H-pyrrole nitrogens is 1. The molecular formula is C19H21ClN2O2. The van der Waals surface area contributed by atoms with E-state index in [1.807, 2.05) is 48.3 Å². The molecule has 1 atom stereocenters. The summed E-state index contributed by atoms with van der Waals surface area (Å²) >= 11 is 6.15. The molecular weight excluding hydrogens is 324 g/mol. The van der Waals surface area contributed by atoms with Gasteiger partial charge in [-0.25, -0.2) is 0 Å². The number of amides is 1. The first kappa shape index (κ1) is 16.7. The van der Waals surface area contributed by atoms with Crippen molar-refractivity contribution in [1.29, 1.82) is 0 Å². The summed E-state index contributed by atoms with van der Waals surface area (Å²) in [7, 11) is 1.65. The molecule has 1 amide bonds. The second kappa shape index (κ2) is 7.14. The van der Waals surface area contributed by atoms with Gasteiger partial charge in [-0.15, -0.1) is 0 Å². The van der Waals surface area contributed by atoms with E-state index in [1.54, 1.807) is 7.11 Å². The Bertz CT molecular complexity index is 807. The highest BCUT2D eigenvalue weighted by molar-refractivity contribution is 6.31. The molecule has 0 bridgehead atoms. The van der Waals surface area contributed by atoms with Crippen LogP contribution in [0.4, 0.5) is 0 Å². The average molecular weight is 345 g/mol. The van der Waals surface area contributed by atoms with Crippen LogP contribution in [0.2, 0.25) is 5.02 Å². The molecule has 0 aliphatic carbocycles. The fraction of sp³-hybridized carbons (Fsp3) is 0.316. The Kier molecular flexibility index (Phi) is 4.95. The van der Waals surface area contributed by atoms with Crippen LogP contribution in [0.1, 0.15) is 30.6 Å². The van der Waals surface area contributed by atoms with Gasteiger partial charge in [-0.3, -0.25) is 4.79 Å². The van der Waals surface area contributed by atoms with Crippen LogP contribution in [0.15, 0.2) is 42.2 Å². The van der Waals surface area contributed by atoms with Gasteiger partial charge in [-0.1, -0.05) is 17.7 Å². The summed E-state index contributed by atoms with van der Waals surface area (Å²) in [4.78, 5) is 16.8. The largest absolute Gasteiger partial charge is 0.497 e. The van der Waals surface area contributed by atoms with Crippen LogP contribution >= 0.6 is 11.6 Å². The van der Waals surface area contributed by atoms with E-state index >= 15 is 0 Å². The highest BCUT2D eigenvalue weighted by atomic mass is 35.5. The molecule has 0 spiro atoms. The van der Waals surface area contributed by atoms with Gasteiger partial charge in [-0.2, -0.15) is 0 Å². The van der Waals surface area contributed by atoms with Crippen molar-refractivity contribution in [3.63, 3.8) is 0 Å². The Hall–Kier alpha value is -2.20. The number of methoxy groups -OCH3 is 1. The quantitative estimate of drug-likeness (QED) is 0.497. The van der Waals surface area contributed by atoms with Gasteiger partial charge in [-0.05, 0) is 55.7 Å². The zero-order valence-electron chi connectivity index (χ0n) is 13.9. The number of carbonyl (C=O) groups excluding carboxylic acids is 1. The molecule has 1 aliphatic rings. The minimum absolute atomic E-state index is 0.00337. The number of ether oxygens (including phenoxy) is 1. The normalized spacial score (nSPS) is 18.2. The molecule has 0 fully saturated rings. The fourth-order valence-corrected chi connectivity index (χ4v) is 3.50. The number of aromatic amines is 1. The molecule has 2 heterocycles. The van der Waals surface area contributed by atoms with Crippen LogP contribution in [-0.2, 0) is 16.0 Å². The molecule has 0 radical (unpaired) electrons. The molecule has 1 unspecified atom stereocenters. The van der Waals surface area contributed by atoms with Gasteiger partial charge in [0, 0.05) is 28.2 Å². The van der Waals surface area contributed by atoms with Gasteiger partial charge in [0.15, 0.2) is 0 Å². The van der Waals surface area contributed by atoms with E-state index in [9.17, 15) is 4.79 Å². The molecule has 5 heteroatoms. The summed E-state index contributed by atoms with van der Waals surface area (Å²) in [6, 6.07) is 5.88. The number of hydrogen-bond acceptors (Lipinski definition) is 2. The van der Waals surface area contributed by atoms with Gasteiger partial charge in [0.2, 0.25) is 6.41 Å². The molecule has 24 heavy (non-hydrogen) atoms. The van der Waals surface area contributed by atoms with Crippen molar-refractivity contribution in [3.8, 4) is 0 Å². The number of rotatable bonds is 5. The smallest absolute Gasteiger partial charge is 0.210 e. The van der Waals surface area contributed by atoms with Gasteiger partial charge < -0.3 is 14.6 Å². The maximum absolute atomic E-state index is 11.5. The minimum Gasteiger partial charge on any atom is -0.497 e. The van der Waals surface area contributed by atoms with E-state index in [-0.39, 0.29) is 6.04 Å². The number of nitrogens with one attached hydrogen (secondary N) is 1. The summed E-state index contributed by atoms with van der Waals surface area (Å²) < 4.78 is 5.24. The number of allylic oxidation sites excluding steroid dienone is 2. The Morgan fingerprint density at radius 1 is 1.50 bits per heavy atom. The van der Waals surface area contributed by atoms with Crippen molar-refractivity contribution in [3.05, 3.63) is 58.5 Å². The van der Waals surface area contributed by atoms with Crippen LogP contribution in [0.5, 0.6) is 0 Å². The number of carbonyl (C=O) groups is 1. The molecule has 0 saturated heterocycles. The number of nitrogens with zero attached hydrogens (tertiary/aromatic N) is 1. The third-order valence-corrected chi connectivity index (χ3v) is 4.79. The summed E-state index contributed by atoms with van der Waals surface area (Å²) in [6.07, 6.45) is 8.40. The van der Waals surface area contributed by atoms with Crippen molar-refractivity contribution in [1.82, 2.24) is 9.88 Å². The average Bonchev–Trinajstić information content (AvgIpc) is 2.96. The first-order valence-electron chi connectivity index (χ1n) is 8.05. The van der Waals surface area contributed by atoms with Crippen LogP contribution < -0.4 is 0 Å². The monoisotopic (exact) mass is 344 g/mol. The first-order chi connectivity index (χ1) is 11.7. The van der Waals surface area contributed by atoms with Crippen LogP contribution in [0.25, 0.3) is 10.9 Å². The van der Waals surface area contributed by atoms with Gasteiger partial charge in [0.25, 0.3) is 0 Å². The topological polar surface area (TPSA) is 45.3 Å². The molecule has 1 aromatic heterocycles. The van der Waals surface area contributed by atoms with E-state index < -0.39 is 0 Å². The van der Waals surface area contributed by atoms with Crippen LogP contribution in [0.3, 0.4) is 0 Å². The van der Waals surface area contributed by atoms with E-state index in [0.717, 1.165) is 53.2 Å². The first-order valence-corrected chi connectivity index (χ1v) is 8.43. The highest BCUT2D eigenvalue weighted by Crippen LogP contribution is 2.36. The SMILES string of the molecule is C/C=C(\C=C/CC1c2[nH]c3ccc(Cl)cc3c2CCN1C=O)OC. The standard InChI is InChI=1S/C19H21ClN2O2/c1-3-14(24-2)5-4-6-18-19-15(9-10-22(18)12-23)16-11-13(20)7-8-17(16)21-19/h3-5,7-8,11-12,18,21H,6,9-10H2,1-2H3/b5-4-,14-3+. The lowest BCUT2D eigenvalue weighted by Crippen LogP contribution is -2.34. The predicted molar refractivity (Wildman–Crippen MR) is 97.0 cm³/mol. The van der Waals surface area contributed by atoms with Crippen LogP contribution in [0, 0.1) is 0 Å². The van der Waals surface area contributed by atoms with Crippen molar-refractivity contribution in [2.75, 3.05) is 13.7 Å². The van der Waals surface area contributed by atoms with Crippen molar-refractivity contribution in [2.45, 2.75) is 25.8 Å². The summed E-state index contributed by atoms with van der Waals surface area (Å²) in [6.45, 7) is 2.65. The summed E-state index contributed by atoms with van der Waals surface area (Å²) in [5.41, 5.74) is 3.44. The van der Waals surface area contributed by atoms with Gasteiger partial charge in [0.1, 0.15) is 5.76 Å². The summed E-state index contributed by atoms with van der Waals surface area (Å²) in [5, 5.41) is 1.89. The number of benzene rings is 1. The van der Waals surface area contributed by atoms with Crippen LogP contribution in [-0.4, -0.2) is 29.9 Å². The lowest BCUT2D eigenvalue weighted by atomic mass is 9.95. The van der Waals surface area contributed by atoms with Gasteiger partial charge in [0.05, 0.1) is 13.2 Å². The second-order valence-electron chi connectivity index (χ2n) is 5.85. The zero-order chi connectivity index (χ0) is 17.1. The number of aromatic nitrogens is 1. The minimum atomic E-state index is 0.00337. The third-order valence-electron chi connectivity index (χ3n) is 4.55. The maximum Gasteiger partial charge on any atom is 0.210 e. The second-order valence-corrected chi connectivity index (χ2v) is 6.29. The van der Waals surface area contributed by atoms with E-state index in [4.69, 9.17) is 16.3 Å². The molecule has 126 valence electrons. The Morgan fingerprint density at radius 2 is 2.33 bits per heavy atom. The molecule has 3 rings (SSSR count). The molecule has 4 nitrogen and oxygen atoms in total. The van der Waals surface area contributed by atoms with Gasteiger partial charge >= 0.3 is 0 Å². The molecule has 1 N–H and O–H groups in total. The lowest BCUT2D eigenvalue weighted by molar-refractivity contribution is -0.120. The van der Waals surface area contributed by atoms with Crippen molar-refractivity contribution in [2.24, 2.45) is 0 Å². The van der Waals surface area contributed by atoms with E-state index in [1.165, 1.54) is 5.56 Å². The van der Waals surface area contributed by atoms with Crippen molar-refractivity contribution < 1.29 is 9.53 Å².